The highest BCUT2D eigenvalue weighted by atomic mass is 32.2. The van der Waals surface area contributed by atoms with Crippen LogP contribution in [0.25, 0.3) is 0 Å². The fourth-order valence-corrected chi connectivity index (χ4v) is 2.11. The van der Waals surface area contributed by atoms with Crippen molar-refractivity contribution in [2.45, 2.75) is 9.79 Å². The smallest absolute Gasteiger partial charge is 0.0325 e. The van der Waals surface area contributed by atoms with Crippen LogP contribution in [0.1, 0.15) is 0 Å². The average Bonchev–Trinajstić information content (AvgIpc) is 2.19. The molecule has 0 aliphatic carbocycles. The Kier molecular flexibility index (Phi) is 2.75. The highest BCUT2D eigenvalue weighted by Gasteiger charge is 1.95. The summed E-state index contributed by atoms with van der Waals surface area (Å²) in [5, 5.41) is 0. The molecule has 0 aliphatic heterocycles. The van der Waals surface area contributed by atoms with Gasteiger partial charge in [0.25, 0.3) is 0 Å². The Morgan fingerprint density at radius 2 is 1.50 bits per heavy atom. The van der Waals surface area contributed by atoms with Crippen molar-refractivity contribution in [2.75, 3.05) is 5.73 Å². The van der Waals surface area contributed by atoms with E-state index >= 15 is 0 Å². The topological polar surface area (TPSA) is 26.0 Å². The van der Waals surface area contributed by atoms with Gasteiger partial charge in [0.05, 0.1) is 0 Å². The molecule has 0 saturated carbocycles. The maximum absolute atomic E-state index is 5.70. The molecule has 0 radical (unpaired) electrons. The minimum Gasteiger partial charge on any atom is -0.399 e. The second-order valence-corrected chi connectivity index (χ2v) is 4.13. The number of anilines is 1. The molecule has 70 valence electrons. The molecule has 2 heteroatoms. The summed E-state index contributed by atoms with van der Waals surface area (Å²) in [6.45, 7) is 0. The zero-order valence-corrected chi connectivity index (χ0v) is 8.50. The maximum Gasteiger partial charge on any atom is 0.0325 e. The molecular weight excluding hydrogens is 190 g/mol. The third-order valence-electron chi connectivity index (χ3n) is 1.84. The van der Waals surface area contributed by atoms with Gasteiger partial charge in [0.2, 0.25) is 0 Å². The standard InChI is InChI=1S/C12H11NS/c13-10-5-4-8-12(9-10)14-11-6-2-1-3-7-11/h1-9H,13H2. The van der Waals surface area contributed by atoms with Crippen LogP contribution in [0.2, 0.25) is 0 Å². The molecule has 0 atom stereocenters. The Labute approximate surface area is 88.0 Å². The summed E-state index contributed by atoms with van der Waals surface area (Å²) in [5.41, 5.74) is 6.51. The van der Waals surface area contributed by atoms with Crippen molar-refractivity contribution in [1.29, 1.82) is 0 Å². The van der Waals surface area contributed by atoms with Crippen LogP contribution in [-0.2, 0) is 0 Å². The van der Waals surface area contributed by atoms with Crippen LogP contribution in [0.5, 0.6) is 0 Å². The van der Waals surface area contributed by atoms with Crippen molar-refractivity contribution in [3.63, 3.8) is 0 Å². The molecule has 2 aromatic carbocycles. The van der Waals surface area contributed by atoms with Gasteiger partial charge in [-0.3, -0.25) is 0 Å². The third kappa shape index (κ3) is 2.30. The largest absolute Gasteiger partial charge is 0.399 e. The Morgan fingerprint density at radius 1 is 0.786 bits per heavy atom. The molecule has 0 unspecified atom stereocenters. The molecule has 1 nitrogen and oxygen atoms in total. The summed E-state index contributed by atoms with van der Waals surface area (Å²) in [6, 6.07) is 18.2. The Bertz CT molecular complexity index is 412. The van der Waals surface area contributed by atoms with Gasteiger partial charge in [-0.15, -0.1) is 0 Å². The van der Waals surface area contributed by atoms with Crippen molar-refractivity contribution < 1.29 is 0 Å². The van der Waals surface area contributed by atoms with Crippen LogP contribution in [-0.4, -0.2) is 0 Å². The lowest BCUT2D eigenvalue weighted by Gasteiger charge is -2.01. The fraction of sp³-hybridized carbons (Fsp3) is 0. The Morgan fingerprint density at radius 3 is 2.21 bits per heavy atom. The van der Waals surface area contributed by atoms with Crippen LogP contribution in [0.3, 0.4) is 0 Å². The molecule has 0 fully saturated rings. The van der Waals surface area contributed by atoms with E-state index in [2.05, 4.69) is 18.2 Å². The fourth-order valence-electron chi connectivity index (χ4n) is 1.20. The van der Waals surface area contributed by atoms with E-state index in [0.717, 1.165) is 5.69 Å². The van der Waals surface area contributed by atoms with Crippen LogP contribution < -0.4 is 5.73 Å². The Hall–Kier alpha value is -1.41. The van der Waals surface area contributed by atoms with E-state index in [4.69, 9.17) is 5.73 Å². The third-order valence-corrected chi connectivity index (χ3v) is 2.83. The molecule has 0 aromatic heterocycles. The van der Waals surface area contributed by atoms with Crippen molar-refractivity contribution in [2.24, 2.45) is 0 Å². The molecule has 0 heterocycles. The number of hydrogen-bond acceptors (Lipinski definition) is 2. The van der Waals surface area contributed by atoms with Crippen molar-refractivity contribution in [3.05, 3.63) is 54.6 Å². The average molecular weight is 201 g/mol. The number of rotatable bonds is 2. The quantitative estimate of drug-likeness (QED) is 0.753. The summed E-state index contributed by atoms with van der Waals surface area (Å²) in [6.07, 6.45) is 0. The van der Waals surface area contributed by atoms with Crippen molar-refractivity contribution in [3.8, 4) is 0 Å². The summed E-state index contributed by atoms with van der Waals surface area (Å²) >= 11 is 1.72. The highest BCUT2D eigenvalue weighted by Crippen LogP contribution is 2.28. The van der Waals surface area contributed by atoms with Gasteiger partial charge in [0, 0.05) is 15.5 Å². The molecule has 14 heavy (non-hydrogen) atoms. The summed E-state index contributed by atoms with van der Waals surface area (Å²) in [7, 11) is 0. The summed E-state index contributed by atoms with van der Waals surface area (Å²) in [5.74, 6) is 0. The SMILES string of the molecule is Nc1cccc(Sc2ccccc2)c1. The molecule has 2 aromatic rings. The molecular formula is C12H11NS. The van der Waals surface area contributed by atoms with Gasteiger partial charge in [-0.25, -0.2) is 0 Å². The first-order valence-corrected chi connectivity index (χ1v) is 5.25. The molecule has 0 amide bonds. The van der Waals surface area contributed by atoms with Crippen LogP contribution in [0, 0.1) is 0 Å². The van der Waals surface area contributed by atoms with Crippen molar-refractivity contribution >= 4 is 17.4 Å². The molecule has 0 saturated heterocycles. The zero-order chi connectivity index (χ0) is 9.80. The van der Waals surface area contributed by atoms with Gasteiger partial charge >= 0.3 is 0 Å². The first kappa shape index (κ1) is 9.16. The highest BCUT2D eigenvalue weighted by molar-refractivity contribution is 7.99. The molecule has 0 aliphatic rings. The van der Waals surface area contributed by atoms with E-state index in [-0.39, 0.29) is 0 Å². The second kappa shape index (κ2) is 4.20. The van der Waals surface area contributed by atoms with Crippen molar-refractivity contribution in [1.82, 2.24) is 0 Å². The molecule has 2 N–H and O–H groups in total. The lowest BCUT2D eigenvalue weighted by atomic mass is 10.3. The van der Waals surface area contributed by atoms with Gasteiger partial charge in [0.1, 0.15) is 0 Å². The summed E-state index contributed by atoms with van der Waals surface area (Å²) < 4.78 is 0. The molecule has 2 rings (SSSR count). The lowest BCUT2D eigenvalue weighted by Crippen LogP contribution is -1.83. The predicted octanol–water partition coefficient (Wildman–Crippen LogP) is 3.42. The second-order valence-electron chi connectivity index (χ2n) is 2.99. The van der Waals surface area contributed by atoms with Crippen LogP contribution >= 0.6 is 11.8 Å². The first-order chi connectivity index (χ1) is 6.84. The van der Waals surface area contributed by atoms with Gasteiger partial charge in [0.15, 0.2) is 0 Å². The Balaban J connectivity index is 2.19. The maximum atomic E-state index is 5.70. The van der Waals surface area contributed by atoms with Gasteiger partial charge in [-0.2, -0.15) is 0 Å². The van der Waals surface area contributed by atoms with E-state index < -0.39 is 0 Å². The van der Waals surface area contributed by atoms with Crippen LogP contribution in [0.15, 0.2) is 64.4 Å². The minimum atomic E-state index is 0.811. The minimum absolute atomic E-state index is 0.811. The number of nitrogen functional groups attached to an aromatic ring is 1. The van der Waals surface area contributed by atoms with Gasteiger partial charge in [-0.05, 0) is 30.3 Å². The number of hydrogen-bond donors (Lipinski definition) is 1. The van der Waals surface area contributed by atoms with Crippen LogP contribution in [0.4, 0.5) is 5.69 Å². The van der Waals surface area contributed by atoms with E-state index in [1.54, 1.807) is 11.8 Å². The lowest BCUT2D eigenvalue weighted by molar-refractivity contribution is 1.41. The van der Waals surface area contributed by atoms with Gasteiger partial charge in [-0.1, -0.05) is 36.0 Å². The molecule has 0 spiro atoms. The number of nitrogens with two attached hydrogens (primary N) is 1. The van der Waals surface area contributed by atoms with E-state index in [9.17, 15) is 0 Å². The zero-order valence-electron chi connectivity index (χ0n) is 7.68. The van der Waals surface area contributed by atoms with E-state index in [1.165, 1.54) is 9.79 Å². The van der Waals surface area contributed by atoms with E-state index in [0.29, 0.717) is 0 Å². The summed E-state index contributed by atoms with van der Waals surface area (Å²) in [4.78, 5) is 2.41. The molecule has 0 bridgehead atoms. The number of benzene rings is 2. The monoisotopic (exact) mass is 201 g/mol. The van der Waals surface area contributed by atoms with E-state index in [1.807, 2.05) is 36.4 Å². The normalized spacial score (nSPS) is 10.0. The first-order valence-electron chi connectivity index (χ1n) is 4.43. The predicted molar refractivity (Wildman–Crippen MR) is 61.4 cm³/mol. The van der Waals surface area contributed by atoms with Gasteiger partial charge < -0.3 is 5.73 Å².